The number of carboxylic acid groups (broad SMARTS) is 1. The largest absolute Gasteiger partial charge is 0.478 e. The highest BCUT2D eigenvalue weighted by molar-refractivity contribution is 5.89. The van der Waals surface area contributed by atoms with Gasteiger partial charge in [-0.15, -0.1) is 0 Å². The molecule has 3 nitrogen and oxygen atoms in total. The van der Waals surface area contributed by atoms with Crippen LogP contribution in [0.1, 0.15) is 43.0 Å². The van der Waals surface area contributed by atoms with Gasteiger partial charge in [0.05, 0.1) is 5.56 Å². The van der Waals surface area contributed by atoms with Crippen LogP contribution in [-0.4, -0.2) is 17.1 Å². The van der Waals surface area contributed by atoms with E-state index in [-0.39, 0.29) is 5.56 Å². The predicted octanol–water partition coefficient (Wildman–Crippen LogP) is 3.51. The van der Waals surface area contributed by atoms with Crippen molar-refractivity contribution in [1.82, 2.24) is 0 Å². The van der Waals surface area contributed by atoms with Crippen LogP contribution in [0.25, 0.3) is 0 Å². The summed E-state index contributed by atoms with van der Waals surface area (Å²) in [4.78, 5) is 10.9. The highest BCUT2D eigenvalue weighted by Crippen LogP contribution is 2.26. The lowest BCUT2D eigenvalue weighted by molar-refractivity contribution is 0.0692. The van der Waals surface area contributed by atoms with Crippen LogP contribution in [0.5, 0.6) is 0 Å². The smallest absolute Gasteiger partial charge is 0.338 e. The minimum atomic E-state index is -1.23. The Morgan fingerprint density at radius 1 is 1.44 bits per heavy atom. The van der Waals surface area contributed by atoms with Gasteiger partial charge in [0.15, 0.2) is 0 Å². The number of nitrogens with one attached hydrogen (secondary N) is 1. The molecule has 2 atom stereocenters. The number of halogens is 1. The summed E-state index contributed by atoms with van der Waals surface area (Å²) in [6.45, 7) is 2.22. The Bertz CT molecular complexity index is 447. The normalized spacial score (nSPS) is 23.7. The number of hydrogen-bond acceptors (Lipinski definition) is 2. The molecule has 1 aliphatic rings. The number of hydrogen-bond donors (Lipinski definition) is 2. The van der Waals surface area contributed by atoms with Crippen LogP contribution in [0.2, 0.25) is 0 Å². The van der Waals surface area contributed by atoms with Gasteiger partial charge in [0.2, 0.25) is 0 Å². The summed E-state index contributed by atoms with van der Waals surface area (Å²) in [7, 11) is 0. The third-order valence-corrected chi connectivity index (χ3v) is 3.50. The van der Waals surface area contributed by atoms with E-state index in [1.807, 2.05) is 0 Å². The van der Waals surface area contributed by atoms with Crippen molar-refractivity contribution in [2.75, 3.05) is 5.32 Å². The first-order chi connectivity index (χ1) is 8.56. The molecule has 1 aromatic carbocycles. The average Bonchev–Trinajstić information content (AvgIpc) is 2.31. The first kappa shape index (κ1) is 12.9. The van der Waals surface area contributed by atoms with Crippen molar-refractivity contribution in [3.05, 3.63) is 29.6 Å². The van der Waals surface area contributed by atoms with E-state index in [0.29, 0.717) is 17.6 Å². The molecule has 98 valence electrons. The summed E-state index contributed by atoms with van der Waals surface area (Å²) in [6, 6.07) is 4.54. The van der Waals surface area contributed by atoms with Gasteiger partial charge in [0.25, 0.3) is 0 Å². The predicted molar refractivity (Wildman–Crippen MR) is 68.4 cm³/mol. The zero-order chi connectivity index (χ0) is 13.1. The van der Waals surface area contributed by atoms with Gasteiger partial charge in [-0.3, -0.25) is 0 Å². The molecule has 1 aliphatic carbocycles. The second-order valence-corrected chi connectivity index (χ2v) is 5.11. The van der Waals surface area contributed by atoms with Gasteiger partial charge in [-0.25, -0.2) is 9.18 Å². The van der Waals surface area contributed by atoms with Gasteiger partial charge >= 0.3 is 5.97 Å². The fourth-order valence-electron chi connectivity index (χ4n) is 2.58. The molecule has 0 bridgehead atoms. The highest BCUT2D eigenvalue weighted by Gasteiger charge is 2.19. The molecule has 1 saturated carbocycles. The molecule has 0 saturated heterocycles. The molecule has 2 unspecified atom stereocenters. The first-order valence-electron chi connectivity index (χ1n) is 6.35. The zero-order valence-electron chi connectivity index (χ0n) is 10.4. The molecule has 0 aromatic heterocycles. The van der Waals surface area contributed by atoms with Gasteiger partial charge in [-0.05, 0) is 37.0 Å². The summed E-state index contributed by atoms with van der Waals surface area (Å²) >= 11 is 0. The van der Waals surface area contributed by atoms with Crippen molar-refractivity contribution in [2.45, 2.75) is 38.6 Å². The van der Waals surface area contributed by atoms with E-state index in [4.69, 9.17) is 5.11 Å². The first-order valence-corrected chi connectivity index (χ1v) is 6.35. The number of carboxylic acids is 1. The van der Waals surface area contributed by atoms with E-state index in [1.165, 1.54) is 25.0 Å². The lowest BCUT2D eigenvalue weighted by Crippen LogP contribution is -2.26. The fourth-order valence-corrected chi connectivity index (χ4v) is 2.58. The van der Waals surface area contributed by atoms with Crippen LogP contribution in [0.4, 0.5) is 10.1 Å². The van der Waals surface area contributed by atoms with Crippen molar-refractivity contribution in [2.24, 2.45) is 5.92 Å². The van der Waals surface area contributed by atoms with Crippen molar-refractivity contribution >= 4 is 11.7 Å². The number of anilines is 1. The third-order valence-electron chi connectivity index (χ3n) is 3.50. The van der Waals surface area contributed by atoms with Gasteiger partial charge in [0, 0.05) is 11.7 Å². The maximum Gasteiger partial charge on any atom is 0.338 e. The number of carbonyl (C=O) groups is 1. The highest BCUT2D eigenvalue weighted by atomic mass is 19.1. The Hall–Kier alpha value is -1.58. The summed E-state index contributed by atoms with van der Waals surface area (Å²) in [5.41, 5.74) is 0.414. The second-order valence-electron chi connectivity index (χ2n) is 5.11. The quantitative estimate of drug-likeness (QED) is 0.864. The van der Waals surface area contributed by atoms with Crippen LogP contribution < -0.4 is 5.32 Å². The number of rotatable bonds is 3. The van der Waals surface area contributed by atoms with E-state index >= 15 is 0 Å². The molecule has 0 aliphatic heterocycles. The van der Waals surface area contributed by atoms with E-state index in [0.717, 1.165) is 12.8 Å². The van der Waals surface area contributed by atoms with Crippen LogP contribution in [0, 0.1) is 11.7 Å². The standard InChI is InChI=1S/C14H18FNO2/c1-9-3-2-4-10(7-9)16-11-5-6-13(15)12(8-11)14(17)18/h5-6,8-10,16H,2-4,7H2,1H3,(H,17,18). The minimum Gasteiger partial charge on any atom is -0.478 e. The Morgan fingerprint density at radius 2 is 2.22 bits per heavy atom. The van der Waals surface area contributed by atoms with Crippen molar-refractivity contribution in [3.8, 4) is 0 Å². The molecule has 0 radical (unpaired) electrons. The molecule has 1 aromatic rings. The molecule has 0 spiro atoms. The summed E-state index contributed by atoms with van der Waals surface area (Å²) < 4.78 is 13.3. The molecule has 18 heavy (non-hydrogen) atoms. The SMILES string of the molecule is CC1CCCC(Nc2ccc(F)c(C(=O)O)c2)C1. The van der Waals surface area contributed by atoms with Gasteiger partial charge in [-0.2, -0.15) is 0 Å². The van der Waals surface area contributed by atoms with Crippen LogP contribution >= 0.6 is 0 Å². The molecule has 0 amide bonds. The fraction of sp³-hybridized carbons (Fsp3) is 0.500. The monoisotopic (exact) mass is 251 g/mol. The van der Waals surface area contributed by atoms with Crippen LogP contribution in [0.15, 0.2) is 18.2 Å². The van der Waals surface area contributed by atoms with Gasteiger partial charge < -0.3 is 10.4 Å². The van der Waals surface area contributed by atoms with Crippen molar-refractivity contribution in [3.63, 3.8) is 0 Å². The molecular weight excluding hydrogens is 233 g/mol. The Labute approximate surface area is 106 Å². The lowest BCUT2D eigenvalue weighted by atomic mass is 9.87. The molecule has 0 heterocycles. The summed E-state index contributed by atoms with van der Waals surface area (Å²) in [6.07, 6.45) is 4.61. The molecule has 2 N–H and O–H groups in total. The van der Waals surface area contributed by atoms with E-state index in [1.54, 1.807) is 6.07 Å². The molecular formula is C14H18FNO2. The Kier molecular flexibility index (Phi) is 3.84. The molecule has 2 rings (SSSR count). The Morgan fingerprint density at radius 3 is 2.89 bits per heavy atom. The minimum absolute atomic E-state index is 0.274. The summed E-state index contributed by atoms with van der Waals surface area (Å²) in [5, 5.41) is 12.2. The Balaban J connectivity index is 2.09. The topological polar surface area (TPSA) is 49.3 Å². The maximum atomic E-state index is 13.3. The maximum absolute atomic E-state index is 13.3. The van der Waals surface area contributed by atoms with Crippen LogP contribution in [-0.2, 0) is 0 Å². The average molecular weight is 251 g/mol. The number of benzene rings is 1. The number of aromatic carboxylic acids is 1. The van der Waals surface area contributed by atoms with Crippen molar-refractivity contribution < 1.29 is 14.3 Å². The third kappa shape index (κ3) is 3.00. The van der Waals surface area contributed by atoms with E-state index in [9.17, 15) is 9.18 Å². The van der Waals surface area contributed by atoms with Gasteiger partial charge in [0.1, 0.15) is 5.82 Å². The molecule has 4 heteroatoms. The molecule has 1 fully saturated rings. The van der Waals surface area contributed by atoms with Crippen molar-refractivity contribution in [1.29, 1.82) is 0 Å². The lowest BCUT2D eigenvalue weighted by Gasteiger charge is -2.28. The second kappa shape index (κ2) is 5.38. The van der Waals surface area contributed by atoms with Crippen LogP contribution in [0.3, 0.4) is 0 Å². The van der Waals surface area contributed by atoms with E-state index < -0.39 is 11.8 Å². The van der Waals surface area contributed by atoms with Gasteiger partial charge in [-0.1, -0.05) is 19.8 Å². The zero-order valence-corrected chi connectivity index (χ0v) is 10.4. The van der Waals surface area contributed by atoms with E-state index in [2.05, 4.69) is 12.2 Å². The summed E-state index contributed by atoms with van der Waals surface area (Å²) in [5.74, 6) is -1.23.